The van der Waals surface area contributed by atoms with Gasteiger partial charge in [-0.1, -0.05) is 0 Å². The number of rotatable bonds is 3. The van der Waals surface area contributed by atoms with Crippen LogP contribution < -0.4 is 5.32 Å². The van der Waals surface area contributed by atoms with Crippen molar-refractivity contribution in [2.24, 2.45) is 4.99 Å². The van der Waals surface area contributed by atoms with Crippen molar-refractivity contribution in [3.8, 4) is 0 Å². The largest absolute Gasteiger partial charge is 0.381 e. The molecular formula is C17H19N5O. The minimum absolute atomic E-state index is 0.400. The Kier molecular flexibility index (Phi) is 3.75. The van der Waals surface area contributed by atoms with E-state index in [-0.39, 0.29) is 0 Å². The predicted octanol–water partition coefficient (Wildman–Crippen LogP) is 2.12. The number of aryl methyl sites for hydroxylation is 1. The van der Waals surface area contributed by atoms with Crippen molar-refractivity contribution >= 4 is 11.5 Å². The van der Waals surface area contributed by atoms with Crippen molar-refractivity contribution in [1.29, 1.82) is 0 Å². The Hall–Kier alpha value is -2.34. The van der Waals surface area contributed by atoms with Crippen molar-refractivity contribution in [3.63, 3.8) is 0 Å². The standard InChI is InChI=1S/C17H19N5O/c1-11-18-7-3-14(21-11)16-15-12(10-20-16)2-6-19-17(15)22-13-4-8-23-9-5-13/h2-3,6-7,13H,4-5,8-10H2,1H3,(H,19,22). The molecule has 2 aromatic heterocycles. The second-order valence-electron chi connectivity index (χ2n) is 5.88. The molecule has 0 aliphatic carbocycles. The molecule has 4 heterocycles. The summed E-state index contributed by atoms with van der Waals surface area (Å²) in [6, 6.07) is 4.35. The number of nitrogens with zero attached hydrogens (tertiary/aromatic N) is 4. The second-order valence-corrected chi connectivity index (χ2v) is 5.88. The summed E-state index contributed by atoms with van der Waals surface area (Å²) in [7, 11) is 0. The number of aliphatic imine (C=N–C) groups is 1. The lowest BCUT2D eigenvalue weighted by atomic mass is 10.0. The van der Waals surface area contributed by atoms with Gasteiger partial charge in [0.05, 0.1) is 18.0 Å². The quantitative estimate of drug-likeness (QED) is 0.940. The van der Waals surface area contributed by atoms with E-state index in [0.29, 0.717) is 12.6 Å². The third-order valence-corrected chi connectivity index (χ3v) is 4.26. The first-order valence-corrected chi connectivity index (χ1v) is 7.98. The molecule has 1 N–H and O–H groups in total. The first-order valence-electron chi connectivity index (χ1n) is 7.98. The SMILES string of the molecule is Cc1nccc(C2=NCc3ccnc(NC4CCOCC4)c32)n1. The number of aromatic nitrogens is 3. The van der Waals surface area contributed by atoms with E-state index in [9.17, 15) is 0 Å². The van der Waals surface area contributed by atoms with Gasteiger partial charge in [-0.25, -0.2) is 15.0 Å². The van der Waals surface area contributed by atoms with Crippen molar-refractivity contribution in [2.75, 3.05) is 18.5 Å². The second kappa shape index (κ2) is 6.04. The van der Waals surface area contributed by atoms with E-state index in [2.05, 4.69) is 20.3 Å². The van der Waals surface area contributed by atoms with E-state index in [4.69, 9.17) is 9.73 Å². The molecule has 23 heavy (non-hydrogen) atoms. The van der Waals surface area contributed by atoms with E-state index in [1.54, 1.807) is 6.20 Å². The smallest absolute Gasteiger partial charge is 0.136 e. The third-order valence-electron chi connectivity index (χ3n) is 4.26. The minimum atomic E-state index is 0.400. The highest BCUT2D eigenvalue weighted by atomic mass is 16.5. The maximum atomic E-state index is 5.43. The molecule has 1 saturated heterocycles. The van der Waals surface area contributed by atoms with Gasteiger partial charge in [-0.2, -0.15) is 0 Å². The number of fused-ring (bicyclic) bond motifs is 1. The topological polar surface area (TPSA) is 72.3 Å². The first kappa shape index (κ1) is 14.3. The van der Waals surface area contributed by atoms with Gasteiger partial charge in [-0.3, -0.25) is 4.99 Å². The van der Waals surface area contributed by atoms with Crippen LogP contribution in [0.25, 0.3) is 0 Å². The van der Waals surface area contributed by atoms with E-state index in [1.807, 2.05) is 25.3 Å². The Bertz CT molecular complexity index is 752. The highest BCUT2D eigenvalue weighted by molar-refractivity contribution is 6.16. The maximum Gasteiger partial charge on any atom is 0.136 e. The summed E-state index contributed by atoms with van der Waals surface area (Å²) >= 11 is 0. The molecular weight excluding hydrogens is 290 g/mol. The van der Waals surface area contributed by atoms with Crippen molar-refractivity contribution in [1.82, 2.24) is 15.0 Å². The van der Waals surface area contributed by atoms with Crippen LogP contribution in [-0.4, -0.2) is 39.9 Å². The Morgan fingerprint density at radius 3 is 2.78 bits per heavy atom. The van der Waals surface area contributed by atoms with Crippen LogP contribution in [0.5, 0.6) is 0 Å². The van der Waals surface area contributed by atoms with Crippen LogP contribution in [0.15, 0.2) is 29.5 Å². The molecule has 0 radical (unpaired) electrons. The van der Waals surface area contributed by atoms with Gasteiger partial charge in [0.15, 0.2) is 0 Å². The fraction of sp³-hybridized carbons (Fsp3) is 0.412. The van der Waals surface area contributed by atoms with E-state index in [1.165, 1.54) is 5.56 Å². The highest BCUT2D eigenvalue weighted by Gasteiger charge is 2.25. The van der Waals surface area contributed by atoms with Crippen LogP contribution in [-0.2, 0) is 11.3 Å². The van der Waals surface area contributed by atoms with Gasteiger partial charge in [-0.15, -0.1) is 0 Å². The number of anilines is 1. The molecule has 118 valence electrons. The first-order chi connectivity index (χ1) is 11.3. The average Bonchev–Trinajstić information content (AvgIpc) is 3.01. The Labute approximate surface area is 135 Å². The number of nitrogens with one attached hydrogen (secondary N) is 1. The zero-order valence-electron chi connectivity index (χ0n) is 13.1. The van der Waals surface area contributed by atoms with Gasteiger partial charge in [0.2, 0.25) is 0 Å². The Morgan fingerprint density at radius 1 is 1.13 bits per heavy atom. The lowest BCUT2D eigenvalue weighted by Gasteiger charge is -2.24. The third kappa shape index (κ3) is 2.82. The summed E-state index contributed by atoms with van der Waals surface area (Å²) in [6.45, 7) is 4.18. The summed E-state index contributed by atoms with van der Waals surface area (Å²) in [6.07, 6.45) is 5.64. The molecule has 0 aromatic carbocycles. The lowest BCUT2D eigenvalue weighted by Crippen LogP contribution is -2.29. The van der Waals surface area contributed by atoms with Crippen LogP contribution in [0.3, 0.4) is 0 Å². The summed E-state index contributed by atoms with van der Waals surface area (Å²) < 4.78 is 5.43. The van der Waals surface area contributed by atoms with Crippen LogP contribution in [0.2, 0.25) is 0 Å². The molecule has 0 spiro atoms. The van der Waals surface area contributed by atoms with E-state index >= 15 is 0 Å². The molecule has 0 bridgehead atoms. The zero-order valence-corrected chi connectivity index (χ0v) is 13.1. The fourth-order valence-electron chi connectivity index (χ4n) is 3.08. The normalized spacial score (nSPS) is 17.7. The van der Waals surface area contributed by atoms with Gasteiger partial charge in [0, 0.05) is 37.2 Å². The Morgan fingerprint density at radius 2 is 1.96 bits per heavy atom. The van der Waals surface area contributed by atoms with Crippen LogP contribution in [0, 0.1) is 6.92 Å². The molecule has 0 unspecified atom stereocenters. The Balaban J connectivity index is 1.68. The predicted molar refractivity (Wildman–Crippen MR) is 87.8 cm³/mol. The molecule has 1 fully saturated rings. The number of hydrogen-bond acceptors (Lipinski definition) is 6. The molecule has 2 aliphatic rings. The molecule has 6 nitrogen and oxygen atoms in total. The van der Waals surface area contributed by atoms with Crippen LogP contribution in [0.1, 0.15) is 35.5 Å². The number of ether oxygens (including phenoxy) is 1. The molecule has 4 rings (SSSR count). The lowest BCUT2D eigenvalue weighted by molar-refractivity contribution is 0.0904. The molecule has 0 atom stereocenters. The zero-order chi connectivity index (χ0) is 15.6. The van der Waals surface area contributed by atoms with Gasteiger partial charge in [0.1, 0.15) is 11.6 Å². The van der Waals surface area contributed by atoms with Gasteiger partial charge in [-0.05, 0) is 37.5 Å². The van der Waals surface area contributed by atoms with Gasteiger partial charge in [0.25, 0.3) is 0 Å². The molecule has 2 aliphatic heterocycles. The fourth-order valence-corrected chi connectivity index (χ4v) is 3.08. The van der Waals surface area contributed by atoms with Crippen molar-refractivity contribution in [2.45, 2.75) is 32.4 Å². The highest BCUT2D eigenvalue weighted by Crippen LogP contribution is 2.28. The molecule has 0 saturated carbocycles. The molecule has 6 heteroatoms. The van der Waals surface area contributed by atoms with Crippen molar-refractivity contribution < 1.29 is 4.74 Å². The number of hydrogen-bond donors (Lipinski definition) is 1. The minimum Gasteiger partial charge on any atom is -0.381 e. The van der Waals surface area contributed by atoms with E-state index in [0.717, 1.165) is 54.7 Å². The summed E-state index contributed by atoms with van der Waals surface area (Å²) in [5.74, 6) is 1.66. The number of pyridine rings is 1. The van der Waals surface area contributed by atoms with Crippen molar-refractivity contribution in [3.05, 3.63) is 47.2 Å². The average molecular weight is 309 g/mol. The summed E-state index contributed by atoms with van der Waals surface area (Å²) in [4.78, 5) is 18.0. The van der Waals surface area contributed by atoms with Gasteiger partial charge < -0.3 is 10.1 Å². The monoisotopic (exact) mass is 309 g/mol. The summed E-state index contributed by atoms with van der Waals surface area (Å²) in [5, 5.41) is 3.58. The van der Waals surface area contributed by atoms with Crippen LogP contribution in [0.4, 0.5) is 5.82 Å². The maximum absolute atomic E-state index is 5.43. The van der Waals surface area contributed by atoms with E-state index < -0.39 is 0 Å². The summed E-state index contributed by atoms with van der Waals surface area (Å²) in [5.41, 5.74) is 4.05. The molecule has 2 aromatic rings. The van der Waals surface area contributed by atoms with Gasteiger partial charge >= 0.3 is 0 Å². The molecule has 0 amide bonds. The van der Waals surface area contributed by atoms with Crippen LogP contribution >= 0.6 is 0 Å².